The van der Waals surface area contributed by atoms with Crippen LogP contribution in [0.5, 0.6) is 0 Å². The second kappa shape index (κ2) is 8.59. The zero-order valence-electron chi connectivity index (χ0n) is 19.7. The summed E-state index contributed by atoms with van der Waals surface area (Å²) >= 11 is 5.97. The summed E-state index contributed by atoms with van der Waals surface area (Å²) in [6.07, 6.45) is -1.40. The van der Waals surface area contributed by atoms with Crippen LogP contribution in [0.25, 0.3) is 39.7 Å². The molecule has 0 atom stereocenters. The fraction of sp³-hybridized carbons (Fsp3) is 0.208. The Morgan fingerprint density at radius 3 is 1.97 bits per heavy atom. The second-order valence-corrected chi connectivity index (χ2v) is 8.74. The third kappa shape index (κ3) is 4.15. The maximum Gasteiger partial charge on any atom is 0.433 e. The van der Waals surface area contributed by atoms with Gasteiger partial charge in [0.1, 0.15) is 0 Å². The average molecular weight is 513 g/mol. The number of alkyl halides is 3. The molecule has 0 aliphatic rings. The molecule has 0 bridgehead atoms. The van der Waals surface area contributed by atoms with Gasteiger partial charge in [-0.05, 0) is 38.1 Å². The van der Waals surface area contributed by atoms with Crippen molar-refractivity contribution >= 4 is 11.6 Å². The lowest BCUT2D eigenvalue weighted by atomic mass is 10.1. The molecule has 12 heteroatoms. The van der Waals surface area contributed by atoms with Crippen molar-refractivity contribution in [1.29, 1.82) is 0 Å². The molecule has 0 spiro atoms. The van der Waals surface area contributed by atoms with Crippen molar-refractivity contribution in [3.63, 3.8) is 0 Å². The van der Waals surface area contributed by atoms with Gasteiger partial charge in [-0.3, -0.25) is 9.36 Å². The summed E-state index contributed by atoms with van der Waals surface area (Å²) in [6.45, 7) is 3.75. The molecular weight excluding hydrogens is 493 g/mol. The number of nitrogens with zero attached hydrogens (tertiary/aromatic N) is 8. The summed E-state index contributed by atoms with van der Waals surface area (Å²) in [7, 11) is 3.58. The lowest BCUT2D eigenvalue weighted by Crippen LogP contribution is -2.14. The summed E-state index contributed by atoms with van der Waals surface area (Å²) in [5.41, 5.74) is 3.57. The lowest BCUT2D eigenvalue weighted by Gasteiger charge is -2.12. The number of halogens is 4. The Hall–Kier alpha value is -3.99. The van der Waals surface area contributed by atoms with E-state index in [-0.39, 0.29) is 11.6 Å². The fourth-order valence-electron chi connectivity index (χ4n) is 3.80. The molecule has 0 fully saturated rings. The Balaban J connectivity index is 1.78. The predicted octanol–water partition coefficient (Wildman–Crippen LogP) is 5.42. The SMILES string of the molecule is Cc1c(-c2cc(-c3cnn(C)c3C)n(-c3nc(-c4ccc(Cl)cc4)cc(C(F)(F)F)n3)n2)cnn1C. The highest BCUT2D eigenvalue weighted by Gasteiger charge is 2.34. The van der Waals surface area contributed by atoms with Crippen molar-refractivity contribution in [2.45, 2.75) is 20.0 Å². The predicted molar refractivity (Wildman–Crippen MR) is 128 cm³/mol. The number of hydrogen-bond acceptors (Lipinski definition) is 5. The van der Waals surface area contributed by atoms with Gasteiger partial charge in [-0.1, -0.05) is 23.7 Å². The first kappa shape index (κ1) is 23.7. The second-order valence-electron chi connectivity index (χ2n) is 8.30. The van der Waals surface area contributed by atoms with Crippen LogP contribution in [0.3, 0.4) is 0 Å². The molecule has 0 radical (unpaired) electrons. The van der Waals surface area contributed by atoms with Crippen molar-refractivity contribution in [3.8, 4) is 39.7 Å². The van der Waals surface area contributed by atoms with Gasteiger partial charge in [-0.2, -0.15) is 33.1 Å². The van der Waals surface area contributed by atoms with Gasteiger partial charge >= 0.3 is 6.18 Å². The van der Waals surface area contributed by atoms with E-state index in [1.54, 1.807) is 66.2 Å². The van der Waals surface area contributed by atoms with Crippen LogP contribution in [0.2, 0.25) is 5.02 Å². The van der Waals surface area contributed by atoms with E-state index in [0.29, 0.717) is 27.5 Å². The maximum atomic E-state index is 13.9. The summed E-state index contributed by atoms with van der Waals surface area (Å²) in [6, 6.07) is 9.08. The zero-order valence-corrected chi connectivity index (χ0v) is 20.5. The molecule has 8 nitrogen and oxygen atoms in total. The highest BCUT2D eigenvalue weighted by Crippen LogP contribution is 2.34. The molecule has 0 unspecified atom stereocenters. The van der Waals surface area contributed by atoms with Crippen LogP contribution >= 0.6 is 11.6 Å². The van der Waals surface area contributed by atoms with E-state index in [4.69, 9.17) is 11.6 Å². The van der Waals surface area contributed by atoms with Crippen LogP contribution < -0.4 is 0 Å². The van der Waals surface area contributed by atoms with Crippen molar-refractivity contribution in [1.82, 2.24) is 39.3 Å². The van der Waals surface area contributed by atoms with E-state index in [0.717, 1.165) is 23.0 Å². The average Bonchev–Trinajstić information content (AvgIpc) is 3.51. The third-order valence-corrected chi connectivity index (χ3v) is 6.32. The molecule has 5 rings (SSSR count). The molecular formula is C24H20ClF3N8. The standard InChI is InChI=1S/C24H20ClF3N8/c1-13-17(11-29-34(13)3)20-9-21(18-12-30-35(4)14(18)2)36(33-20)23-31-19(10-22(32-23)24(26,27)28)15-5-7-16(25)8-6-15/h5-12H,1-4H3. The van der Waals surface area contributed by atoms with E-state index in [2.05, 4.69) is 25.3 Å². The molecule has 0 saturated carbocycles. The van der Waals surface area contributed by atoms with Crippen LogP contribution in [0.1, 0.15) is 17.1 Å². The van der Waals surface area contributed by atoms with Crippen LogP contribution in [0.4, 0.5) is 13.2 Å². The molecule has 1 aromatic carbocycles. The van der Waals surface area contributed by atoms with Crippen molar-refractivity contribution in [3.05, 3.63) is 70.9 Å². The largest absolute Gasteiger partial charge is 0.433 e. The molecule has 4 aromatic heterocycles. The molecule has 0 aliphatic heterocycles. The monoisotopic (exact) mass is 512 g/mol. The summed E-state index contributed by atoms with van der Waals surface area (Å²) in [4.78, 5) is 8.34. The number of aryl methyl sites for hydroxylation is 2. The van der Waals surface area contributed by atoms with Gasteiger partial charge in [0.25, 0.3) is 5.95 Å². The fourth-order valence-corrected chi connectivity index (χ4v) is 3.93. The van der Waals surface area contributed by atoms with Gasteiger partial charge in [0.05, 0.1) is 29.5 Å². The Kier molecular flexibility index (Phi) is 5.67. The topological polar surface area (TPSA) is 79.2 Å². The van der Waals surface area contributed by atoms with Gasteiger partial charge in [-0.25, -0.2) is 9.97 Å². The molecule has 0 amide bonds. The van der Waals surface area contributed by atoms with E-state index in [1.165, 1.54) is 4.68 Å². The van der Waals surface area contributed by atoms with Crippen LogP contribution in [0, 0.1) is 13.8 Å². The summed E-state index contributed by atoms with van der Waals surface area (Å²) in [5, 5.41) is 13.6. The Morgan fingerprint density at radius 1 is 0.806 bits per heavy atom. The van der Waals surface area contributed by atoms with Gasteiger partial charge in [0, 0.05) is 47.2 Å². The van der Waals surface area contributed by atoms with E-state index < -0.39 is 11.9 Å². The first-order chi connectivity index (χ1) is 17.0. The van der Waals surface area contributed by atoms with E-state index >= 15 is 0 Å². The Bertz CT molecular complexity index is 1580. The van der Waals surface area contributed by atoms with Gasteiger partial charge in [-0.15, -0.1) is 0 Å². The number of aromatic nitrogens is 8. The zero-order chi connectivity index (χ0) is 25.8. The third-order valence-electron chi connectivity index (χ3n) is 6.07. The van der Waals surface area contributed by atoms with Crippen molar-refractivity contribution < 1.29 is 13.2 Å². The molecule has 4 heterocycles. The molecule has 0 N–H and O–H groups in total. The smallest absolute Gasteiger partial charge is 0.272 e. The van der Waals surface area contributed by atoms with Crippen LogP contribution in [0.15, 0.2) is 48.8 Å². The number of rotatable bonds is 4. The van der Waals surface area contributed by atoms with Gasteiger partial charge in [0.2, 0.25) is 0 Å². The maximum absolute atomic E-state index is 13.9. The molecule has 36 heavy (non-hydrogen) atoms. The van der Waals surface area contributed by atoms with Gasteiger partial charge in [0.15, 0.2) is 5.69 Å². The minimum Gasteiger partial charge on any atom is -0.272 e. The molecule has 0 aliphatic carbocycles. The Morgan fingerprint density at radius 2 is 1.42 bits per heavy atom. The normalized spacial score (nSPS) is 11.9. The van der Waals surface area contributed by atoms with Gasteiger partial charge < -0.3 is 0 Å². The lowest BCUT2D eigenvalue weighted by molar-refractivity contribution is -0.141. The minimum absolute atomic E-state index is 0.0902. The van der Waals surface area contributed by atoms with Crippen LogP contribution in [-0.4, -0.2) is 39.3 Å². The van der Waals surface area contributed by atoms with Crippen molar-refractivity contribution in [2.75, 3.05) is 0 Å². The molecule has 184 valence electrons. The summed E-state index contributed by atoms with van der Waals surface area (Å²) in [5.74, 6) is -0.221. The summed E-state index contributed by atoms with van der Waals surface area (Å²) < 4.78 is 46.4. The highest BCUT2D eigenvalue weighted by molar-refractivity contribution is 6.30. The number of benzene rings is 1. The Labute approximate surface area is 209 Å². The first-order valence-electron chi connectivity index (χ1n) is 10.8. The van der Waals surface area contributed by atoms with Crippen LogP contribution in [-0.2, 0) is 20.3 Å². The quantitative estimate of drug-likeness (QED) is 0.321. The highest BCUT2D eigenvalue weighted by atomic mass is 35.5. The molecule has 5 aromatic rings. The number of hydrogen-bond donors (Lipinski definition) is 0. The first-order valence-corrected chi connectivity index (χ1v) is 11.2. The van der Waals surface area contributed by atoms with E-state index in [1.807, 2.05) is 13.8 Å². The van der Waals surface area contributed by atoms with Crippen molar-refractivity contribution in [2.24, 2.45) is 14.1 Å². The minimum atomic E-state index is -4.70. The molecule has 0 saturated heterocycles. The van der Waals surface area contributed by atoms with E-state index in [9.17, 15) is 13.2 Å².